The monoisotopic (exact) mass is 1970 g/mol. The molecule has 0 aliphatic carbocycles. The van der Waals surface area contributed by atoms with Gasteiger partial charge < -0.3 is 22.2 Å². The number of nitrogens with zero attached hydrogens (tertiary/aromatic N) is 19. The summed E-state index contributed by atoms with van der Waals surface area (Å²) >= 11 is 6.93. The number of hydrogen-bond donors (Lipinski definition) is 0. The van der Waals surface area contributed by atoms with Crippen LogP contribution in [0, 0.1) is 267 Å². The Balaban J connectivity index is 0.000000736. The number of pyridine rings is 2. The normalized spacial score (nSPS) is 9.44. The fraction of sp³-hybridized carbons (Fsp3) is 0.339. The summed E-state index contributed by atoms with van der Waals surface area (Å²) in [6.07, 6.45) is 21.7. The average molecular weight is 1970 g/mol. The van der Waals surface area contributed by atoms with Gasteiger partial charge in [-0.05, 0) is 339 Å². The molecular formula is C109H144F3N19O4S4. The number of halogens is 3. The maximum Gasteiger partial charge on any atom is 0.213 e. The summed E-state index contributed by atoms with van der Waals surface area (Å²) in [6.45, 7) is 69.6. The first-order valence-corrected chi connectivity index (χ1v) is 47.9. The molecule has 0 N–H and O–H groups in total. The highest BCUT2D eigenvalue weighted by molar-refractivity contribution is 7.12. The van der Waals surface area contributed by atoms with E-state index in [2.05, 4.69) is 218 Å². The van der Waals surface area contributed by atoms with E-state index in [9.17, 15) is 13.2 Å². The fourth-order valence-electron chi connectivity index (χ4n) is 9.54. The van der Waals surface area contributed by atoms with Crippen LogP contribution in [-0.2, 0) is 7.05 Å². The first kappa shape index (κ1) is 124. The topological polar surface area (TPSA) is 290 Å². The van der Waals surface area contributed by atoms with Gasteiger partial charge >= 0.3 is 0 Å². The molecule has 744 valence electrons. The van der Waals surface area contributed by atoms with Crippen LogP contribution in [-0.4, -0.2) is 95.0 Å². The Hall–Kier alpha value is -13.3. The van der Waals surface area contributed by atoms with Gasteiger partial charge in [-0.3, -0.25) is 19.9 Å². The molecule has 30 heteroatoms. The molecule has 0 aliphatic rings. The van der Waals surface area contributed by atoms with Gasteiger partial charge in [0.1, 0.15) is 62.2 Å². The van der Waals surface area contributed by atoms with Crippen molar-refractivity contribution in [3.05, 3.63) is 418 Å². The minimum atomic E-state index is -0.475. The Bertz CT molecular complexity index is 5050. The van der Waals surface area contributed by atoms with Gasteiger partial charge in [-0.15, -0.1) is 65.7 Å². The van der Waals surface area contributed by atoms with E-state index in [1.54, 1.807) is 92.6 Å². The predicted octanol–water partition coefficient (Wildman–Crippen LogP) is 28.9. The van der Waals surface area contributed by atoms with Crippen LogP contribution in [0.15, 0.2) is 219 Å². The molecule has 0 spiro atoms. The lowest BCUT2D eigenvalue weighted by Crippen LogP contribution is -1.91. The molecule has 0 saturated carbocycles. The Labute approximate surface area is 840 Å². The van der Waals surface area contributed by atoms with Crippen molar-refractivity contribution in [3.63, 3.8) is 0 Å². The van der Waals surface area contributed by atoms with Crippen molar-refractivity contribution >= 4 is 45.3 Å². The van der Waals surface area contributed by atoms with E-state index >= 15 is 0 Å². The number of aromatic nitrogens is 19. The standard InChI is InChI=1S/C8H8F2.C8H9F.C8H10.C7H11N.2C7H9N.4C6H8N2.C6H8O.C6H8S.2C5H7NO.2C5H7NS.C4H6N2O.C4H6N2S/c1-5-3-7(9)6(2)8(10)4-5;1-6-3-4-7(2)8(9)5-6;1-7-3-5-8(2)6-4-7;1-6-4-5-7(2)8(6)3;2*1-6-3-4-7(2)8-5-6;1-5-3-8-6(2)4-7-5;2*1-5-3-7-6(2)8-4-5;1-5-3-4-6(2)8-7-5;2*1-5-3-4-6(2)7-5;4*1-4-3-6-5(2)7-4;2*1-3-5-6-4(2)7-3/h3-4H,1-2H3;3-5H,1-2H3;3-6H,1-2H3;4-5H,1-3H3;2*3-5H,1-2H3;4*3-4H,1-2H3;2*3-4H,1-2H3;4*3H,1-2H3;2*1-2H3. The molecule has 0 unspecified atom stereocenters. The molecule has 0 bridgehead atoms. The van der Waals surface area contributed by atoms with Crippen molar-refractivity contribution in [1.29, 1.82) is 0 Å². The SMILES string of the molecule is Cc1cc(F)c(C)c(F)c1.Cc1ccc(C)c(F)c1.Cc1ccc(C)cc1.Cc1ccc(C)n1C.Cc1ccc(C)nc1.Cc1ccc(C)nc1.Cc1ccc(C)nn1.Cc1ccc(C)o1.Cc1ccc(C)s1.Cc1cnc(C)cn1.Cc1cnc(C)nc1.Cc1cnc(C)nc1.Cc1cnc(C)o1.Cc1cnc(C)o1.Cc1cnc(C)s1.Cc1cnc(C)s1.Cc1nnc(C)o1.Cc1nnc(C)s1. The zero-order valence-electron chi connectivity index (χ0n) is 88.4. The van der Waals surface area contributed by atoms with Gasteiger partial charge in [0, 0.05) is 145 Å². The van der Waals surface area contributed by atoms with Gasteiger partial charge in [-0.1, -0.05) is 59.7 Å². The zero-order valence-corrected chi connectivity index (χ0v) is 91.7. The second kappa shape index (κ2) is 69.5. The number of thiazole rings is 2. The molecule has 0 radical (unpaired) electrons. The molecule has 18 aromatic rings. The van der Waals surface area contributed by atoms with E-state index in [0.29, 0.717) is 22.9 Å². The third-order valence-electron chi connectivity index (χ3n) is 17.3. The Morgan fingerprint density at radius 3 is 0.748 bits per heavy atom. The van der Waals surface area contributed by atoms with Crippen LogP contribution in [0.4, 0.5) is 13.2 Å². The van der Waals surface area contributed by atoms with Crippen molar-refractivity contribution in [3.8, 4) is 0 Å². The lowest BCUT2D eigenvalue weighted by molar-refractivity contribution is 0.489. The molecule has 15 heterocycles. The quantitative estimate of drug-likeness (QED) is 0.136. The minimum absolute atomic E-state index is 0.0885. The molecule has 15 aromatic heterocycles. The maximum atomic E-state index is 12.6. The lowest BCUT2D eigenvalue weighted by Gasteiger charge is -1.98. The molecule has 3 aromatic carbocycles. The van der Waals surface area contributed by atoms with E-state index in [0.717, 1.165) is 117 Å². The highest BCUT2D eigenvalue weighted by Gasteiger charge is 2.04. The van der Waals surface area contributed by atoms with Crippen molar-refractivity contribution in [2.24, 2.45) is 7.05 Å². The smallest absolute Gasteiger partial charge is 0.213 e. The van der Waals surface area contributed by atoms with Crippen molar-refractivity contribution in [1.82, 2.24) is 95.0 Å². The number of benzene rings is 3. The fourth-order valence-corrected chi connectivity index (χ4v) is 12.3. The first-order valence-electron chi connectivity index (χ1n) is 44.6. The average Bonchev–Trinajstić information content (AvgIpc) is 1.58. The molecule has 0 fully saturated rings. The number of rotatable bonds is 0. The van der Waals surface area contributed by atoms with Crippen LogP contribution in [0.25, 0.3) is 0 Å². The van der Waals surface area contributed by atoms with Crippen LogP contribution in [0.1, 0.15) is 199 Å². The second-order valence-electron chi connectivity index (χ2n) is 32.1. The highest BCUT2D eigenvalue weighted by atomic mass is 32.1. The summed E-state index contributed by atoms with van der Waals surface area (Å²) in [5, 5.41) is 26.8. The van der Waals surface area contributed by atoms with Crippen molar-refractivity contribution in [2.45, 2.75) is 249 Å². The van der Waals surface area contributed by atoms with E-state index < -0.39 is 11.6 Å². The van der Waals surface area contributed by atoms with E-state index in [4.69, 9.17) is 17.7 Å². The predicted molar refractivity (Wildman–Crippen MR) is 566 cm³/mol. The van der Waals surface area contributed by atoms with Crippen LogP contribution in [0.3, 0.4) is 0 Å². The van der Waals surface area contributed by atoms with E-state index in [1.807, 2.05) is 263 Å². The Kier molecular flexibility index (Phi) is 61.9. The third-order valence-corrected chi connectivity index (χ3v) is 20.7. The van der Waals surface area contributed by atoms with Gasteiger partial charge in [0.05, 0.1) is 45.2 Å². The van der Waals surface area contributed by atoms with Gasteiger partial charge in [0.25, 0.3) is 0 Å². The van der Waals surface area contributed by atoms with E-state index in [-0.39, 0.29) is 11.4 Å². The number of oxazole rings is 2. The number of hydrogen-bond acceptors (Lipinski definition) is 26. The van der Waals surface area contributed by atoms with Crippen molar-refractivity contribution in [2.75, 3.05) is 0 Å². The molecule has 18 rings (SSSR count). The molecule has 0 atom stereocenters. The third kappa shape index (κ3) is 64.4. The maximum absolute atomic E-state index is 12.6. The number of thiophene rings is 1. The van der Waals surface area contributed by atoms with Gasteiger partial charge in [0.15, 0.2) is 11.8 Å². The minimum Gasteiger partial charge on any atom is -0.467 e. The zero-order chi connectivity index (χ0) is 105. The van der Waals surface area contributed by atoms with Crippen LogP contribution in [0.5, 0.6) is 0 Å². The molecule has 0 amide bonds. The molecular weight excluding hydrogens is 1820 g/mol. The lowest BCUT2D eigenvalue weighted by atomic mass is 10.1. The van der Waals surface area contributed by atoms with Gasteiger partial charge in [0.2, 0.25) is 11.8 Å². The van der Waals surface area contributed by atoms with E-state index in [1.165, 1.54) is 78.3 Å². The molecule has 0 aliphatic heterocycles. The van der Waals surface area contributed by atoms with Crippen molar-refractivity contribution < 1.29 is 30.8 Å². The number of aryl methyl sites for hydroxylation is 35. The summed E-state index contributed by atoms with van der Waals surface area (Å²) in [7, 11) is 2.07. The summed E-state index contributed by atoms with van der Waals surface area (Å²) < 4.78 is 59.8. The molecule has 139 heavy (non-hydrogen) atoms. The molecule has 0 saturated heterocycles. The van der Waals surface area contributed by atoms with Gasteiger partial charge in [-0.2, -0.15) is 10.2 Å². The summed E-state index contributed by atoms with van der Waals surface area (Å²) in [4.78, 5) is 53.2. The van der Waals surface area contributed by atoms with Gasteiger partial charge in [-0.25, -0.2) is 53.0 Å². The Morgan fingerprint density at radius 2 is 0.554 bits per heavy atom. The molecule has 23 nitrogen and oxygen atoms in total. The van der Waals surface area contributed by atoms with Crippen LogP contribution >= 0.6 is 45.3 Å². The Morgan fingerprint density at radius 1 is 0.216 bits per heavy atom. The van der Waals surface area contributed by atoms with Crippen LogP contribution < -0.4 is 0 Å². The number of furan rings is 1. The largest absolute Gasteiger partial charge is 0.467 e. The summed E-state index contributed by atoms with van der Waals surface area (Å²) in [5.41, 5.74) is 18.4. The second-order valence-corrected chi connectivity index (χ2v) is 37.8. The summed E-state index contributed by atoms with van der Waals surface area (Å²) in [5.74, 6) is 7.02. The van der Waals surface area contributed by atoms with Crippen LogP contribution in [0.2, 0.25) is 0 Å². The first-order chi connectivity index (χ1) is 65.3. The highest BCUT2D eigenvalue weighted by Crippen LogP contribution is 2.16. The summed E-state index contributed by atoms with van der Waals surface area (Å²) in [6, 6.07) is 40.8.